The van der Waals surface area contributed by atoms with Crippen LogP contribution in [-0.4, -0.2) is 31.5 Å². The zero-order valence-electron chi connectivity index (χ0n) is 13.9. The summed E-state index contributed by atoms with van der Waals surface area (Å²) in [6.07, 6.45) is 0.898. The highest BCUT2D eigenvalue weighted by atomic mass is 19.1. The number of rotatable bonds is 6. The lowest BCUT2D eigenvalue weighted by Crippen LogP contribution is -2.92. The molecule has 3 rings (SSSR count). The van der Waals surface area contributed by atoms with Crippen LogP contribution in [0.2, 0.25) is 0 Å². The van der Waals surface area contributed by atoms with Crippen LogP contribution in [0.25, 0.3) is 0 Å². The monoisotopic (exact) mass is 343 g/mol. The first kappa shape index (κ1) is 17.1. The van der Waals surface area contributed by atoms with E-state index < -0.39 is 6.04 Å². The quantitative estimate of drug-likeness (QED) is 0.804. The van der Waals surface area contributed by atoms with Crippen LogP contribution in [0.3, 0.4) is 0 Å². The average Bonchev–Trinajstić information content (AvgIpc) is 2.90. The van der Waals surface area contributed by atoms with E-state index in [-0.39, 0.29) is 24.1 Å². The normalized spacial score (nSPS) is 17.2. The maximum Gasteiger partial charge on any atom is 0.292 e. The molecule has 0 radical (unpaired) electrons. The average molecular weight is 343 g/mol. The lowest BCUT2D eigenvalue weighted by Gasteiger charge is -2.14. The molecule has 1 fully saturated rings. The topological polar surface area (TPSA) is 63.2 Å². The van der Waals surface area contributed by atoms with Crippen molar-refractivity contribution >= 4 is 17.5 Å². The number of carbonyl (C=O) groups is 2. The first-order valence-corrected chi connectivity index (χ1v) is 8.17. The van der Waals surface area contributed by atoms with Crippen molar-refractivity contribution in [3.05, 3.63) is 59.9 Å². The Kier molecular flexibility index (Phi) is 5.09. The molecule has 6 heteroatoms. The number of ether oxygens (including phenoxy) is 1. The molecule has 2 amide bonds. The van der Waals surface area contributed by atoms with Gasteiger partial charge in [0.1, 0.15) is 11.6 Å². The third-order valence-electron chi connectivity index (χ3n) is 4.31. The molecule has 0 unspecified atom stereocenters. The van der Waals surface area contributed by atoms with Gasteiger partial charge in [-0.05, 0) is 42.0 Å². The van der Waals surface area contributed by atoms with Crippen molar-refractivity contribution in [2.45, 2.75) is 18.9 Å². The van der Waals surface area contributed by atoms with E-state index in [1.165, 1.54) is 17.0 Å². The van der Waals surface area contributed by atoms with E-state index in [1.54, 1.807) is 43.5 Å². The maximum atomic E-state index is 12.9. The molecule has 25 heavy (non-hydrogen) atoms. The van der Waals surface area contributed by atoms with Crippen molar-refractivity contribution in [2.75, 3.05) is 18.6 Å². The third-order valence-corrected chi connectivity index (χ3v) is 4.31. The van der Waals surface area contributed by atoms with Crippen molar-refractivity contribution < 1.29 is 24.0 Å². The minimum absolute atomic E-state index is 0.189. The van der Waals surface area contributed by atoms with Gasteiger partial charge in [0.25, 0.3) is 5.91 Å². The van der Waals surface area contributed by atoms with Crippen molar-refractivity contribution in [3.63, 3.8) is 0 Å². The molecule has 1 atom stereocenters. The summed E-state index contributed by atoms with van der Waals surface area (Å²) < 4.78 is 18.0. The molecule has 130 valence electrons. The number of benzene rings is 2. The zero-order chi connectivity index (χ0) is 17.8. The molecule has 1 aliphatic rings. The number of carbonyl (C=O) groups excluding carboxylic acids is 2. The molecule has 1 saturated heterocycles. The summed E-state index contributed by atoms with van der Waals surface area (Å²) in [6.45, 7) is 0.659. The number of methoxy groups -OCH3 is 1. The summed E-state index contributed by atoms with van der Waals surface area (Å²) in [5.74, 6) is 0.0113. The first-order valence-electron chi connectivity index (χ1n) is 8.17. The van der Waals surface area contributed by atoms with Crippen LogP contribution in [0.15, 0.2) is 48.5 Å². The van der Waals surface area contributed by atoms with Gasteiger partial charge in [0.15, 0.2) is 6.04 Å². The van der Waals surface area contributed by atoms with Gasteiger partial charge in [0.05, 0.1) is 25.8 Å². The summed E-state index contributed by atoms with van der Waals surface area (Å²) >= 11 is 0. The van der Waals surface area contributed by atoms with Crippen LogP contribution < -0.4 is 15.0 Å². The lowest BCUT2D eigenvalue weighted by atomic mass is 10.1. The fraction of sp³-hybridized carbons (Fsp3) is 0.263. The molecule has 1 aliphatic heterocycles. The fourth-order valence-electron chi connectivity index (χ4n) is 2.94. The summed E-state index contributed by atoms with van der Waals surface area (Å²) in [5, 5.41) is 1.88. The van der Waals surface area contributed by atoms with E-state index >= 15 is 0 Å². The van der Waals surface area contributed by atoms with Gasteiger partial charge in [-0.25, -0.2) is 9.29 Å². The molecular weight excluding hydrogens is 323 g/mol. The van der Waals surface area contributed by atoms with E-state index in [1.807, 2.05) is 5.32 Å². The van der Waals surface area contributed by atoms with E-state index in [9.17, 15) is 14.0 Å². The van der Waals surface area contributed by atoms with E-state index in [4.69, 9.17) is 4.74 Å². The van der Waals surface area contributed by atoms with Gasteiger partial charge in [0.2, 0.25) is 5.91 Å². The number of imide groups is 1. The Morgan fingerprint density at radius 1 is 1.12 bits per heavy atom. The molecule has 0 bridgehead atoms. The molecule has 2 aromatic carbocycles. The summed E-state index contributed by atoms with van der Waals surface area (Å²) in [5.41, 5.74) is 1.56. The Labute approximate surface area is 145 Å². The van der Waals surface area contributed by atoms with E-state index in [0.717, 1.165) is 5.56 Å². The first-order chi connectivity index (χ1) is 12.1. The predicted octanol–water partition coefficient (Wildman–Crippen LogP) is 1.27. The zero-order valence-corrected chi connectivity index (χ0v) is 13.9. The highest BCUT2D eigenvalue weighted by molar-refractivity contribution is 6.21. The van der Waals surface area contributed by atoms with Crippen molar-refractivity contribution in [3.8, 4) is 5.75 Å². The van der Waals surface area contributed by atoms with Gasteiger partial charge in [-0.3, -0.25) is 9.59 Å². The second-order valence-corrected chi connectivity index (χ2v) is 5.98. The molecule has 0 aromatic heterocycles. The molecule has 2 N–H and O–H groups in total. The second-order valence-electron chi connectivity index (χ2n) is 5.98. The highest BCUT2D eigenvalue weighted by Gasteiger charge is 2.42. The van der Waals surface area contributed by atoms with Crippen LogP contribution in [0.5, 0.6) is 5.75 Å². The van der Waals surface area contributed by atoms with Crippen LogP contribution in [-0.2, 0) is 16.0 Å². The van der Waals surface area contributed by atoms with Gasteiger partial charge in [-0.1, -0.05) is 12.1 Å². The Morgan fingerprint density at radius 3 is 2.44 bits per heavy atom. The number of hydrogen-bond donors (Lipinski definition) is 1. The molecule has 5 nitrogen and oxygen atoms in total. The van der Waals surface area contributed by atoms with Gasteiger partial charge >= 0.3 is 0 Å². The third kappa shape index (κ3) is 3.85. The molecule has 0 aliphatic carbocycles. The second kappa shape index (κ2) is 7.44. The molecule has 2 aromatic rings. The van der Waals surface area contributed by atoms with Crippen LogP contribution in [0.4, 0.5) is 10.1 Å². The number of nitrogens with zero attached hydrogens (tertiary/aromatic N) is 1. The van der Waals surface area contributed by atoms with Gasteiger partial charge in [-0.2, -0.15) is 0 Å². The lowest BCUT2D eigenvalue weighted by molar-refractivity contribution is -0.674. The Morgan fingerprint density at radius 2 is 1.80 bits per heavy atom. The van der Waals surface area contributed by atoms with Crippen LogP contribution >= 0.6 is 0 Å². The Bertz CT molecular complexity index is 759. The van der Waals surface area contributed by atoms with Crippen LogP contribution in [0.1, 0.15) is 12.0 Å². The summed E-state index contributed by atoms with van der Waals surface area (Å²) in [7, 11) is 1.56. The number of quaternary nitrogens is 1. The largest absolute Gasteiger partial charge is 0.497 e. The molecule has 1 heterocycles. The minimum Gasteiger partial charge on any atom is -0.497 e. The number of halogens is 1. The Balaban J connectivity index is 1.59. The number of hydrogen-bond acceptors (Lipinski definition) is 3. The SMILES string of the molecule is COc1ccc(N2C(=O)C[C@H]([NH2+]CCc3ccc(F)cc3)C2=O)cc1. The number of amides is 2. The van der Waals surface area contributed by atoms with E-state index in [2.05, 4.69) is 0 Å². The highest BCUT2D eigenvalue weighted by Crippen LogP contribution is 2.24. The summed E-state index contributed by atoms with van der Waals surface area (Å²) in [6, 6.07) is 12.8. The minimum atomic E-state index is -0.407. The fourth-order valence-corrected chi connectivity index (χ4v) is 2.94. The Hall–Kier alpha value is -2.73. The summed E-state index contributed by atoms with van der Waals surface area (Å²) in [4.78, 5) is 26.0. The van der Waals surface area contributed by atoms with Crippen molar-refractivity contribution in [2.24, 2.45) is 0 Å². The number of nitrogens with two attached hydrogens (primary N) is 1. The number of anilines is 1. The molecule has 0 saturated carbocycles. The standard InChI is InChI=1S/C19H19FN2O3/c1-25-16-8-6-15(7-9-16)22-18(23)12-17(19(22)24)21-11-10-13-2-4-14(20)5-3-13/h2-9,17,21H,10-12H2,1H3/p+1/t17-/m0/s1. The maximum absolute atomic E-state index is 12.9. The van der Waals surface area contributed by atoms with E-state index in [0.29, 0.717) is 24.4 Å². The van der Waals surface area contributed by atoms with Crippen molar-refractivity contribution in [1.29, 1.82) is 0 Å². The van der Waals surface area contributed by atoms with Gasteiger partial charge in [0, 0.05) is 6.42 Å². The smallest absolute Gasteiger partial charge is 0.292 e. The van der Waals surface area contributed by atoms with Gasteiger partial charge in [-0.15, -0.1) is 0 Å². The molecule has 0 spiro atoms. The van der Waals surface area contributed by atoms with Crippen molar-refractivity contribution in [1.82, 2.24) is 0 Å². The predicted molar refractivity (Wildman–Crippen MR) is 90.8 cm³/mol. The van der Waals surface area contributed by atoms with Crippen LogP contribution in [0, 0.1) is 5.82 Å². The molecular formula is C19H20FN2O3+. The van der Waals surface area contributed by atoms with Gasteiger partial charge < -0.3 is 10.1 Å².